The minimum Gasteiger partial charge on any atom is -0.398 e. The first-order chi connectivity index (χ1) is 10.1. The molecule has 2 N–H and O–H groups in total. The predicted molar refractivity (Wildman–Crippen MR) is 91.4 cm³/mol. The third-order valence-corrected chi connectivity index (χ3v) is 4.65. The highest BCUT2D eigenvalue weighted by atomic mass is 127. The summed E-state index contributed by atoms with van der Waals surface area (Å²) in [7, 11) is 0. The van der Waals surface area contributed by atoms with Crippen molar-refractivity contribution in [2.45, 2.75) is 13.0 Å². The van der Waals surface area contributed by atoms with E-state index in [1.165, 1.54) is 11.1 Å². The summed E-state index contributed by atoms with van der Waals surface area (Å²) in [6.07, 6.45) is 0.898. The number of halogens is 1. The van der Waals surface area contributed by atoms with Crippen LogP contribution in [-0.2, 0) is 13.0 Å². The van der Waals surface area contributed by atoms with Crippen molar-refractivity contribution in [2.75, 3.05) is 17.2 Å². The maximum Gasteiger partial charge on any atom is 0.270 e. The molecule has 1 aliphatic heterocycles. The lowest BCUT2D eigenvalue weighted by molar-refractivity contribution is -0.384. The second kappa shape index (κ2) is 5.51. The van der Waals surface area contributed by atoms with Gasteiger partial charge in [0.15, 0.2) is 0 Å². The van der Waals surface area contributed by atoms with Gasteiger partial charge < -0.3 is 10.6 Å². The molecule has 0 saturated heterocycles. The first-order valence-corrected chi connectivity index (χ1v) is 7.69. The third kappa shape index (κ3) is 2.67. The molecule has 0 aromatic heterocycles. The fraction of sp³-hybridized carbons (Fsp3) is 0.200. The minimum absolute atomic E-state index is 0.129. The molecule has 6 heteroatoms. The molecule has 5 nitrogen and oxygen atoms in total. The van der Waals surface area contributed by atoms with Gasteiger partial charge in [0.1, 0.15) is 0 Å². The number of nitro groups is 1. The summed E-state index contributed by atoms with van der Waals surface area (Å²) < 4.78 is 0.897. The van der Waals surface area contributed by atoms with Gasteiger partial charge in [-0.05, 0) is 52.3 Å². The largest absolute Gasteiger partial charge is 0.398 e. The van der Waals surface area contributed by atoms with Gasteiger partial charge in [-0.3, -0.25) is 10.1 Å². The zero-order chi connectivity index (χ0) is 15.0. The number of nitrogen functional groups attached to an aromatic ring is 1. The Morgan fingerprint density at radius 1 is 1.29 bits per heavy atom. The lowest BCUT2D eigenvalue weighted by Crippen LogP contribution is -2.31. The molecule has 0 amide bonds. The molecule has 21 heavy (non-hydrogen) atoms. The van der Waals surface area contributed by atoms with E-state index in [0.29, 0.717) is 0 Å². The number of hydrogen-bond donors (Lipinski definition) is 1. The molecule has 0 radical (unpaired) electrons. The summed E-state index contributed by atoms with van der Waals surface area (Å²) in [5.41, 5.74) is 10.5. The van der Waals surface area contributed by atoms with Gasteiger partial charge in [-0.1, -0.05) is 12.1 Å². The van der Waals surface area contributed by atoms with E-state index >= 15 is 0 Å². The van der Waals surface area contributed by atoms with Crippen molar-refractivity contribution >= 4 is 39.7 Å². The minimum atomic E-state index is -0.363. The van der Waals surface area contributed by atoms with Gasteiger partial charge >= 0.3 is 0 Å². The summed E-state index contributed by atoms with van der Waals surface area (Å²) in [4.78, 5) is 12.7. The Kier molecular flexibility index (Phi) is 3.71. The second-order valence-corrected chi connectivity index (χ2v) is 6.21. The smallest absolute Gasteiger partial charge is 0.270 e. The van der Waals surface area contributed by atoms with E-state index in [9.17, 15) is 10.1 Å². The lowest BCUT2D eigenvalue weighted by Gasteiger charge is -2.32. The molecule has 1 aliphatic rings. The van der Waals surface area contributed by atoms with E-state index in [-0.39, 0.29) is 10.6 Å². The molecule has 0 spiro atoms. The van der Waals surface area contributed by atoms with Gasteiger partial charge in [0, 0.05) is 34.5 Å². The van der Waals surface area contributed by atoms with Gasteiger partial charge in [0.25, 0.3) is 5.69 Å². The number of anilines is 2. The van der Waals surface area contributed by atoms with Crippen molar-refractivity contribution in [1.29, 1.82) is 0 Å². The number of nitrogens with zero attached hydrogens (tertiary/aromatic N) is 2. The van der Waals surface area contributed by atoms with Crippen molar-refractivity contribution in [3.05, 3.63) is 61.2 Å². The summed E-state index contributed by atoms with van der Waals surface area (Å²) >= 11 is 2.16. The van der Waals surface area contributed by atoms with E-state index in [1.807, 2.05) is 18.2 Å². The van der Waals surface area contributed by atoms with Crippen molar-refractivity contribution < 1.29 is 4.92 Å². The van der Waals surface area contributed by atoms with Crippen molar-refractivity contribution in [1.82, 2.24) is 0 Å². The molecule has 0 fully saturated rings. The number of hydrogen-bond acceptors (Lipinski definition) is 4. The lowest BCUT2D eigenvalue weighted by atomic mass is 9.97. The van der Waals surface area contributed by atoms with Gasteiger partial charge in [0.05, 0.1) is 10.6 Å². The quantitative estimate of drug-likeness (QED) is 0.367. The van der Waals surface area contributed by atoms with Crippen molar-refractivity contribution in [3.63, 3.8) is 0 Å². The Balaban J connectivity index is 1.91. The fourth-order valence-corrected chi connectivity index (χ4v) is 3.55. The summed E-state index contributed by atoms with van der Waals surface area (Å²) in [6.45, 7) is 1.66. The van der Waals surface area contributed by atoms with Gasteiger partial charge in [-0.25, -0.2) is 0 Å². The van der Waals surface area contributed by atoms with Gasteiger partial charge in [0.2, 0.25) is 0 Å². The van der Waals surface area contributed by atoms with E-state index in [2.05, 4.69) is 33.6 Å². The molecule has 1 heterocycles. The van der Waals surface area contributed by atoms with Crippen LogP contribution in [-0.4, -0.2) is 11.5 Å². The highest BCUT2D eigenvalue weighted by molar-refractivity contribution is 14.1. The van der Waals surface area contributed by atoms with Crippen LogP contribution in [0.15, 0.2) is 36.4 Å². The highest BCUT2D eigenvalue weighted by Gasteiger charge is 2.20. The molecule has 3 rings (SSSR count). The maximum atomic E-state index is 10.8. The van der Waals surface area contributed by atoms with Crippen LogP contribution in [0.5, 0.6) is 0 Å². The van der Waals surface area contributed by atoms with Crippen LogP contribution >= 0.6 is 22.6 Å². The van der Waals surface area contributed by atoms with Crippen molar-refractivity contribution in [3.8, 4) is 0 Å². The molecule has 2 aromatic rings. The summed E-state index contributed by atoms with van der Waals surface area (Å²) in [5.74, 6) is 0. The Morgan fingerprint density at radius 3 is 2.81 bits per heavy atom. The summed E-state index contributed by atoms with van der Waals surface area (Å²) in [5, 5.41) is 10.8. The van der Waals surface area contributed by atoms with Crippen LogP contribution in [0.1, 0.15) is 11.1 Å². The topological polar surface area (TPSA) is 72.4 Å². The molecule has 0 aliphatic carbocycles. The van der Waals surface area contributed by atoms with Crippen LogP contribution in [0.25, 0.3) is 0 Å². The van der Waals surface area contributed by atoms with Crippen LogP contribution in [0.4, 0.5) is 17.1 Å². The zero-order valence-corrected chi connectivity index (χ0v) is 13.4. The van der Waals surface area contributed by atoms with Crippen LogP contribution in [0.2, 0.25) is 0 Å². The highest BCUT2D eigenvalue weighted by Crippen LogP contribution is 2.32. The van der Waals surface area contributed by atoms with E-state index < -0.39 is 0 Å². The average molecular weight is 395 g/mol. The molecule has 2 aromatic carbocycles. The number of rotatable bonds is 2. The van der Waals surface area contributed by atoms with E-state index in [1.54, 1.807) is 12.1 Å². The maximum absolute atomic E-state index is 10.8. The van der Waals surface area contributed by atoms with Crippen LogP contribution in [0.3, 0.4) is 0 Å². The Morgan fingerprint density at radius 2 is 2.10 bits per heavy atom. The Hall–Kier alpha value is -1.83. The first kappa shape index (κ1) is 14.1. The molecule has 0 saturated carbocycles. The average Bonchev–Trinajstić information content (AvgIpc) is 2.47. The second-order valence-electron chi connectivity index (χ2n) is 5.05. The zero-order valence-electron chi connectivity index (χ0n) is 11.3. The monoisotopic (exact) mass is 395 g/mol. The van der Waals surface area contributed by atoms with Gasteiger partial charge in [-0.2, -0.15) is 0 Å². The first-order valence-electron chi connectivity index (χ1n) is 6.61. The molecule has 0 atom stereocenters. The number of nitrogens with two attached hydrogens (primary N) is 1. The molecular weight excluding hydrogens is 381 g/mol. The third-order valence-electron chi connectivity index (χ3n) is 3.78. The van der Waals surface area contributed by atoms with E-state index in [0.717, 1.165) is 34.5 Å². The van der Waals surface area contributed by atoms with Gasteiger partial charge in [-0.15, -0.1) is 0 Å². The fourth-order valence-electron chi connectivity index (χ4n) is 2.71. The Labute approximate surface area is 136 Å². The number of benzene rings is 2. The normalized spacial score (nSPS) is 13.9. The SMILES string of the molecule is Nc1cccc2c1CCN(c1ccc([N+](=O)[O-])cc1I)C2. The van der Waals surface area contributed by atoms with Crippen LogP contribution < -0.4 is 10.6 Å². The summed E-state index contributed by atoms with van der Waals surface area (Å²) in [6, 6.07) is 11.0. The standard InChI is InChI=1S/C15H14IN3O2/c16-13-8-11(19(20)21)4-5-15(13)18-7-6-12-10(9-18)2-1-3-14(12)17/h1-5,8H,6-7,9,17H2. The van der Waals surface area contributed by atoms with E-state index in [4.69, 9.17) is 5.73 Å². The Bertz CT molecular complexity index is 718. The van der Waals surface area contributed by atoms with Crippen LogP contribution in [0, 0.1) is 13.7 Å². The number of non-ortho nitro benzene ring substituents is 1. The molecule has 108 valence electrons. The molecular formula is C15H14IN3O2. The number of nitro benzene ring substituents is 1. The van der Waals surface area contributed by atoms with Crippen molar-refractivity contribution in [2.24, 2.45) is 0 Å². The molecule has 0 unspecified atom stereocenters. The number of fused-ring (bicyclic) bond motifs is 1. The molecule has 0 bridgehead atoms. The predicted octanol–water partition coefficient (Wildman–Crippen LogP) is 3.34.